The van der Waals surface area contributed by atoms with Crippen molar-refractivity contribution in [3.05, 3.63) is 34.9 Å². The standard InChI is InChI=1S/C13H18NO/c1-9-6-7-10-11(8-9)13(4,5)14(15)12(10,2)3/h6-8H,1-5H3. The van der Waals surface area contributed by atoms with E-state index < -0.39 is 11.1 Å². The molecule has 1 heterocycles. The number of nitrogens with zero attached hydrogens (tertiary/aromatic N) is 1. The van der Waals surface area contributed by atoms with Crippen molar-refractivity contribution >= 4 is 0 Å². The van der Waals surface area contributed by atoms with Gasteiger partial charge in [0.25, 0.3) is 0 Å². The number of fused-ring (bicyclic) bond motifs is 1. The Morgan fingerprint density at radius 3 is 2.13 bits per heavy atom. The monoisotopic (exact) mass is 204 g/mol. The predicted molar refractivity (Wildman–Crippen MR) is 59.8 cm³/mol. The summed E-state index contributed by atoms with van der Waals surface area (Å²) in [5, 5.41) is 13.4. The summed E-state index contributed by atoms with van der Waals surface area (Å²) in [5.74, 6) is 0. The molecule has 0 unspecified atom stereocenters. The van der Waals surface area contributed by atoms with E-state index in [-0.39, 0.29) is 0 Å². The molecule has 81 valence electrons. The van der Waals surface area contributed by atoms with Gasteiger partial charge in [0.1, 0.15) is 0 Å². The van der Waals surface area contributed by atoms with Crippen LogP contribution in [0.25, 0.3) is 0 Å². The zero-order valence-corrected chi connectivity index (χ0v) is 10.1. The van der Waals surface area contributed by atoms with Crippen molar-refractivity contribution in [1.29, 1.82) is 0 Å². The number of benzene rings is 1. The second-order valence-electron chi connectivity index (χ2n) is 5.46. The molecule has 0 saturated carbocycles. The highest BCUT2D eigenvalue weighted by atomic mass is 16.5. The number of rotatable bonds is 0. The molecular weight excluding hydrogens is 186 g/mol. The Morgan fingerprint density at radius 1 is 1.00 bits per heavy atom. The van der Waals surface area contributed by atoms with Crippen LogP contribution >= 0.6 is 0 Å². The Kier molecular flexibility index (Phi) is 2.01. The van der Waals surface area contributed by atoms with Gasteiger partial charge in [-0.3, -0.25) is 0 Å². The first kappa shape index (κ1) is 10.7. The summed E-state index contributed by atoms with van der Waals surface area (Å²) in [4.78, 5) is 0. The van der Waals surface area contributed by atoms with Gasteiger partial charge in [-0.15, -0.1) is 10.3 Å². The average Bonchev–Trinajstić information content (AvgIpc) is 2.26. The van der Waals surface area contributed by atoms with Crippen LogP contribution in [0.4, 0.5) is 0 Å². The third-order valence-electron chi connectivity index (χ3n) is 3.51. The molecule has 1 aromatic carbocycles. The SMILES string of the molecule is Cc1ccc2c(c1)C(C)(C)N([O])C2(C)C. The molecule has 2 heteroatoms. The third kappa shape index (κ3) is 1.25. The lowest BCUT2D eigenvalue weighted by atomic mass is 9.89. The van der Waals surface area contributed by atoms with Crippen molar-refractivity contribution in [2.45, 2.75) is 45.7 Å². The zero-order valence-electron chi connectivity index (χ0n) is 10.1. The van der Waals surface area contributed by atoms with Crippen molar-refractivity contribution in [2.75, 3.05) is 0 Å². The lowest BCUT2D eigenvalue weighted by Gasteiger charge is -2.32. The fourth-order valence-corrected chi connectivity index (χ4v) is 2.62. The van der Waals surface area contributed by atoms with E-state index in [2.05, 4.69) is 25.1 Å². The molecule has 0 bridgehead atoms. The molecule has 0 atom stereocenters. The quantitative estimate of drug-likeness (QED) is 0.636. The Bertz CT molecular complexity index is 407. The van der Waals surface area contributed by atoms with Crippen molar-refractivity contribution in [3.63, 3.8) is 0 Å². The van der Waals surface area contributed by atoms with Crippen molar-refractivity contribution in [1.82, 2.24) is 5.06 Å². The van der Waals surface area contributed by atoms with Gasteiger partial charge in [-0.1, -0.05) is 23.8 Å². The summed E-state index contributed by atoms with van der Waals surface area (Å²) < 4.78 is 0. The lowest BCUT2D eigenvalue weighted by Crippen LogP contribution is -2.41. The van der Waals surface area contributed by atoms with Gasteiger partial charge in [-0.2, -0.15) is 0 Å². The molecule has 1 radical (unpaired) electrons. The molecule has 0 aliphatic carbocycles. The van der Waals surface area contributed by atoms with Crippen LogP contribution < -0.4 is 0 Å². The summed E-state index contributed by atoms with van der Waals surface area (Å²) in [7, 11) is 0. The van der Waals surface area contributed by atoms with Crippen LogP contribution in [0.1, 0.15) is 44.4 Å². The highest BCUT2D eigenvalue weighted by molar-refractivity contribution is 5.44. The maximum absolute atomic E-state index is 12.2. The average molecular weight is 204 g/mol. The van der Waals surface area contributed by atoms with Gasteiger partial charge < -0.3 is 0 Å². The first-order chi connectivity index (χ1) is 6.78. The minimum atomic E-state index is -0.412. The third-order valence-corrected chi connectivity index (χ3v) is 3.51. The van der Waals surface area contributed by atoms with E-state index in [1.54, 1.807) is 0 Å². The summed E-state index contributed by atoms with van der Waals surface area (Å²) in [6, 6.07) is 6.30. The van der Waals surface area contributed by atoms with Crippen molar-refractivity contribution in [2.24, 2.45) is 0 Å². The molecule has 1 aromatic rings. The Labute approximate surface area is 91.5 Å². The molecule has 15 heavy (non-hydrogen) atoms. The Hall–Kier alpha value is -0.860. The van der Waals surface area contributed by atoms with Crippen LogP contribution in [0, 0.1) is 6.92 Å². The van der Waals surface area contributed by atoms with E-state index in [1.807, 2.05) is 27.7 Å². The number of aryl methyl sites for hydroxylation is 1. The van der Waals surface area contributed by atoms with E-state index >= 15 is 0 Å². The maximum Gasteiger partial charge on any atom is 0.0699 e. The number of hydroxylamine groups is 2. The van der Waals surface area contributed by atoms with Gasteiger partial charge in [-0.25, -0.2) is 0 Å². The lowest BCUT2D eigenvalue weighted by molar-refractivity contribution is -0.266. The molecule has 0 N–H and O–H groups in total. The second kappa shape index (κ2) is 2.83. The molecule has 0 spiro atoms. The van der Waals surface area contributed by atoms with Crippen LogP contribution in [0.15, 0.2) is 18.2 Å². The molecule has 0 fully saturated rings. The van der Waals surface area contributed by atoms with E-state index in [0.29, 0.717) is 0 Å². The summed E-state index contributed by atoms with van der Waals surface area (Å²) in [5.41, 5.74) is 2.72. The molecule has 2 rings (SSSR count). The van der Waals surface area contributed by atoms with E-state index in [4.69, 9.17) is 0 Å². The van der Waals surface area contributed by atoms with E-state index in [0.717, 1.165) is 5.56 Å². The minimum Gasteiger partial charge on any atom is -0.135 e. The number of hydrogen-bond donors (Lipinski definition) is 0. The van der Waals surface area contributed by atoms with Crippen molar-refractivity contribution in [3.8, 4) is 0 Å². The highest BCUT2D eigenvalue weighted by Gasteiger charge is 2.49. The molecular formula is C13H18NO. The first-order valence-corrected chi connectivity index (χ1v) is 5.37. The van der Waals surface area contributed by atoms with E-state index in [9.17, 15) is 5.21 Å². The summed E-state index contributed by atoms with van der Waals surface area (Å²) in [6.45, 7) is 10.0. The van der Waals surface area contributed by atoms with Gasteiger partial charge in [0.05, 0.1) is 11.1 Å². The minimum absolute atomic E-state index is 0.410. The normalized spacial score (nSPS) is 22.8. The largest absolute Gasteiger partial charge is 0.135 e. The summed E-state index contributed by atoms with van der Waals surface area (Å²) >= 11 is 0. The Morgan fingerprint density at radius 2 is 1.53 bits per heavy atom. The van der Waals surface area contributed by atoms with Crippen molar-refractivity contribution < 1.29 is 5.21 Å². The maximum atomic E-state index is 12.2. The topological polar surface area (TPSA) is 23.1 Å². The summed E-state index contributed by atoms with van der Waals surface area (Å²) in [6.07, 6.45) is 0. The van der Waals surface area contributed by atoms with E-state index in [1.165, 1.54) is 16.2 Å². The predicted octanol–water partition coefficient (Wildman–Crippen LogP) is 3.13. The molecule has 0 saturated heterocycles. The molecule has 1 aliphatic heterocycles. The van der Waals surface area contributed by atoms with Crippen LogP contribution in [-0.2, 0) is 16.3 Å². The van der Waals surface area contributed by atoms with Crippen LogP contribution in [0.3, 0.4) is 0 Å². The fourth-order valence-electron chi connectivity index (χ4n) is 2.62. The second-order valence-corrected chi connectivity index (χ2v) is 5.46. The first-order valence-electron chi connectivity index (χ1n) is 5.37. The molecule has 0 amide bonds. The van der Waals surface area contributed by atoms with Gasteiger partial charge in [0.15, 0.2) is 0 Å². The van der Waals surface area contributed by atoms with Gasteiger partial charge in [0.2, 0.25) is 0 Å². The fraction of sp³-hybridized carbons (Fsp3) is 0.538. The van der Waals surface area contributed by atoms with Gasteiger partial charge in [-0.05, 0) is 45.7 Å². The highest BCUT2D eigenvalue weighted by Crippen LogP contribution is 2.48. The van der Waals surface area contributed by atoms with Crippen LogP contribution in [0.5, 0.6) is 0 Å². The zero-order chi connectivity index (χ0) is 11.4. The smallest absolute Gasteiger partial charge is 0.0699 e. The number of hydrogen-bond acceptors (Lipinski definition) is 1. The molecule has 2 nitrogen and oxygen atoms in total. The van der Waals surface area contributed by atoms with Crippen LogP contribution in [-0.4, -0.2) is 5.06 Å². The molecule has 0 aromatic heterocycles. The molecule has 1 aliphatic rings. The Balaban J connectivity index is 2.71. The van der Waals surface area contributed by atoms with Crippen LogP contribution in [0.2, 0.25) is 0 Å². The van der Waals surface area contributed by atoms with Gasteiger partial charge >= 0.3 is 0 Å². The van der Waals surface area contributed by atoms with Gasteiger partial charge in [0, 0.05) is 0 Å².